The Balaban J connectivity index is 2.73. The van der Waals surface area contributed by atoms with Crippen molar-refractivity contribution in [2.24, 2.45) is 5.73 Å². The monoisotopic (exact) mass is 228 g/mol. The molecular weight excluding hydrogens is 208 g/mol. The van der Waals surface area contributed by atoms with Crippen LogP contribution in [0.1, 0.15) is 35.2 Å². The maximum Gasteiger partial charge on any atom is 0.0737 e. The molecule has 90 valence electrons. The van der Waals surface area contributed by atoms with Crippen molar-refractivity contribution >= 4 is 10.9 Å². The summed E-state index contributed by atoms with van der Waals surface area (Å²) in [5.41, 5.74) is 11.8. The van der Waals surface area contributed by atoms with E-state index in [-0.39, 0.29) is 0 Å². The van der Waals surface area contributed by atoms with Crippen molar-refractivity contribution in [3.63, 3.8) is 0 Å². The maximum atomic E-state index is 5.72. The van der Waals surface area contributed by atoms with Gasteiger partial charge >= 0.3 is 0 Å². The van der Waals surface area contributed by atoms with Crippen LogP contribution in [-0.2, 0) is 0 Å². The van der Waals surface area contributed by atoms with Gasteiger partial charge in [0.05, 0.1) is 5.52 Å². The van der Waals surface area contributed by atoms with Gasteiger partial charge in [-0.15, -0.1) is 0 Å². The SMILES string of the molecule is Cc1cc(C)c2nc(C(C)CN)cc(C)c2c1. The summed E-state index contributed by atoms with van der Waals surface area (Å²) < 4.78 is 0. The van der Waals surface area contributed by atoms with Gasteiger partial charge in [-0.2, -0.15) is 0 Å². The van der Waals surface area contributed by atoms with Gasteiger partial charge in [0, 0.05) is 23.5 Å². The van der Waals surface area contributed by atoms with E-state index < -0.39 is 0 Å². The molecule has 2 N–H and O–H groups in total. The summed E-state index contributed by atoms with van der Waals surface area (Å²) in [6.45, 7) is 9.16. The highest BCUT2D eigenvalue weighted by atomic mass is 14.7. The molecule has 1 aromatic heterocycles. The van der Waals surface area contributed by atoms with Crippen LogP contribution < -0.4 is 5.73 Å². The minimum atomic E-state index is 0.318. The minimum absolute atomic E-state index is 0.318. The van der Waals surface area contributed by atoms with Gasteiger partial charge in [0.15, 0.2) is 0 Å². The quantitative estimate of drug-likeness (QED) is 0.857. The van der Waals surface area contributed by atoms with Crippen molar-refractivity contribution in [2.75, 3.05) is 6.54 Å². The van der Waals surface area contributed by atoms with Crippen molar-refractivity contribution in [1.29, 1.82) is 0 Å². The van der Waals surface area contributed by atoms with Gasteiger partial charge in [-0.25, -0.2) is 0 Å². The van der Waals surface area contributed by atoms with Crippen LogP contribution in [0, 0.1) is 20.8 Å². The van der Waals surface area contributed by atoms with Crippen LogP contribution in [0.2, 0.25) is 0 Å². The fourth-order valence-corrected chi connectivity index (χ4v) is 2.24. The Morgan fingerprint density at radius 1 is 1.12 bits per heavy atom. The number of aryl methyl sites for hydroxylation is 3. The first kappa shape index (κ1) is 12.1. The molecule has 1 unspecified atom stereocenters. The van der Waals surface area contributed by atoms with Crippen LogP contribution in [0.3, 0.4) is 0 Å². The van der Waals surface area contributed by atoms with Crippen LogP contribution in [0.25, 0.3) is 10.9 Å². The van der Waals surface area contributed by atoms with Gasteiger partial charge in [0.25, 0.3) is 0 Å². The molecule has 0 saturated heterocycles. The molecule has 2 nitrogen and oxygen atoms in total. The highest BCUT2D eigenvalue weighted by Gasteiger charge is 2.10. The van der Waals surface area contributed by atoms with E-state index in [4.69, 9.17) is 10.7 Å². The lowest BCUT2D eigenvalue weighted by atomic mass is 9.99. The molecule has 0 aliphatic heterocycles. The summed E-state index contributed by atoms with van der Waals surface area (Å²) in [5.74, 6) is 0.318. The Kier molecular flexibility index (Phi) is 3.16. The lowest BCUT2D eigenvalue weighted by Crippen LogP contribution is -2.11. The highest BCUT2D eigenvalue weighted by Crippen LogP contribution is 2.25. The van der Waals surface area contributed by atoms with Gasteiger partial charge in [0.1, 0.15) is 0 Å². The zero-order valence-corrected chi connectivity index (χ0v) is 11.0. The average Bonchev–Trinajstić information content (AvgIpc) is 2.29. The first-order valence-corrected chi connectivity index (χ1v) is 6.11. The zero-order valence-electron chi connectivity index (χ0n) is 11.0. The highest BCUT2D eigenvalue weighted by molar-refractivity contribution is 5.85. The predicted molar refractivity (Wildman–Crippen MR) is 73.4 cm³/mol. The Labute approximate surface area is 103 Å². The molecule has 1 atom stereocenters. The van der Waals surface area contributed by atoms with E-state index in [0.29, 0.717) is 12.5 Å². The van der Waals surface area contributed by atoms with Crippen LogP contribution in [-0.4, -0.2) is 11.5 Å². The summed E-state index contributed by atoms with van der Waals surface area (Å²) in [5, 5.41) is 1.26. The summed E-state index contributed by atoms with van der Waals surface area (Å²) in [6, 6.07) is 6.56. The molecule has 1 aromatic carbocycles. The summed E-state index contributed by atoms with van der Waals surface area (Å²) >= 11 is 0. The van der Waals surface area contributed by atoms with Crippen LogP contribution in [0.5, 0.6) is 0 Å². The van der Waals surface area contributed by atoms with E-state index in [1.54, 1.807) is 0 Å². The largest absolute Gasteiger partial charge is 0.330 e. The van der Waals surface area contributed by atoms with Crippen molar-refractivity contribution < 1.29 is 0 Å². The maximum absolute atomic E-state index is 5.72. The number of aromatic nitrogens is 1. The first-order valence-electron chi connectivity index (χ1n) is 6.11. The molecule has 2 aromatic rings. The van der Waals surface area contributed by atoms with Gasteiger partial charge in [-0.3, -0.25) is 4.98 Å². The molecule has 1 heterocycles. The second-order valence-electron chi connectivity index (χ2n) is 4.98. The molecule has 2 heteroatoms. The molecule has 17 heavy (non-hydrogen) atoms. The number of nitrogens with zero attached hydrogens (tertiary/aromatic N) is 1. The Morgan fingerprint density at radius 3 is 2.47 bits per heavy atom. The van der Waals surface area contributed by atoms with Gasteiger partial charge < -0.3 is 5.73 Å². The Morgan fingerprint density at radius 2 is 1.82 bits per heavy atom. The predicted octanol–water partition coefficient (Wildman–Crippen LogP) is 3.22. The van der Waals surface area contributed by atoms with Gasteiger partial charge in [-0.05, 0) is 44.0 Å². The summed E-state index contributed by atoms with van der Waals surface area (Å²) in [6.07, 6.45) is 0. The molecular formula is C15H20N2. The van der Waals surface area contributed by atoms with Crippen LogP contribution in [0.4, 0.5) is 0 Å². The van der Waals surface area contributed by atoms with E-state index in [0.717, 1.165) is 11.2 Å². The third kappa shape index (κ3) is 2.18. The Hall–Kier alpha value is -1.41. The molecule has 2 rings (SSSR count). The third-order valence-electron chi connectivity index (χ3n) is 3.33. The Bertz CT molecular complexity index is 558. The second-order valence-corrected chi connectivity index (χ2v) is 4.98. The van der Waals surface area contributed by atoms with Gasteiger partial charge in [0.2, 0.25) is 0 Å². The number of fused-ring (bicyclic) bond motifs is 1. The fraction of sp³-hybridized carbons (Fsp3) is 0.400. The number of hydrogen-bond donors (Lipinski definition) is 1. The number of benzene rings is 1. The normalized spacial score (nSPS) is 13.0. The zero-order chi connectivity index (χ0) is 12.6. The van der Waals surface area contributed by atoms with E-state index in [1.807, 2.05) is 0 Å². The van der Waals surface area contributed by atoms with Crippen molar-refractivity contribution in [3.05, 3.63) is 40.6 Å². The van der Waals surface area contributed by atoms with E-state index in [9.17, 15) is 0 Å². The molecule has 0 amide bonds. The third-order valence-corrected chi connectivity index (χ3v) is 3.33. The van der Waals surface area contributed by atoms with E-state index >= 15 is 0 Å². The van der Waals surface area contributed by atoms with Crippen molar-refractivity contribution in [2.45, 2.75) is 33.6 Å². The van der Waals surface area contributed by atoms with Crippen molar-refractivity contribution in [3.8, 4) is 0 Å². The molecule has 0 radical (unpaired) electrons. The smallest absolute Gasteiger partial charge is 0.0737 e. The molecule has 0 bridgehead atoms. The molecule has 0 aliphatic carbocycles. The van der Waals surface area contributed by atoms with Crippen LogP contribution >= 0.6 is 0 Å². The molecule has 0 fully saturated rings. The van der Waals surface area contributed by atoms with E-state index in [2.05, 4.69) is 45.9 Å². The summed E-state index contributed by atoms with van der Waals surface area (Å²) in [7, 11) is 0. The van der Waals surface area contributed by atoms with E-state index in [1.165, 1.54) is 22.1 Å². The number of pyridine rings is 1. The van der Waals surface area contributed by atoms with Crippen molar-refractivity contribution in [1.82, 2.24) is 4.98 Å². The first-order chi connectivity index (χ1) is 8.02. The average molecular weight is 228 g/mol. The number of rotatable bonds is 2. The fourth-order valence-electron chi connectivity index (χ4n) is 2.24. The number of hydrogen-bond acceptors (Lipinski definition) is 2. The molecule has 0 aliphatic rings. The molecule has 0 saturated carbocycles. The van der Waals surface area contributed by atoms with Gasteiger partial charge in [-0.1, -0.05) is 18.6 Å². The topological polar surface area (TPSA) is 38.9 Å². The van der Waals surface area contributed by atoms with Crippen LogP contribution in [0.15, 0.2) is 18.2 Å². The lowest BCUT2D eigenvalue weighted by Gasteiger charge is -2.13. The number of nitrogens with two attached hydrogens (primary N) is 1. The summed E-state index contributed by atoms with van der Waals surface area (Å²) in [4.78, 5) is 4.77. The minimum Gasteiger partial charge on any atom is -0.330 e. The second kappa shape index (κ2) is 4.46. The standard InChI is InChI=1S/C15H20N2/c1-9-5-11(3)15-13(6-9)10(2)7-14(17-15)12(4)8-16/h5-7,12H,8,16H2,1-4H3. The molecule has 0 spiro atoms. The lowest BCUT2D eigenvalue weighted by molar-refractivity contribution is 0.748.